The molecule has 2 saturated heterocycles. The second-order valence-corrected chi connectivity index (χ2v) is 10.2. The van der Waals surface area contributed by atoms with Crippen molar-refractivity contribution in [1.29, 1.82) is 0 Å². The third-order valence-electron chi connectivity index (χ3n) is 6.72. The predicted octanol–water partition coefficient (Wildman–Crippen LogP) is 4.05. The Balaban J connectivity index is 1.74. The highest BCUT2D eigenvalue weighted by Gasteiger charge is 2.46. The minimum atomic E-state index is -0.634. The summed E-state index contributed by atoms with van der Waals surface area (Å²) in [4.78, 5) is 30.2. The topological polar surface area (TPSA) is 70.1 Å². The first kappa shape index (κ1) is 24.2. The number of aliphatic hydroxyl groups is 1. The summed E-state index contributed by atoms with van der Waals surface area (Å²) in [6.07, 6.45) is 0. The van der Waals surface area contributed by atoms with Crippen molar-refractivity contribution in [1.82, 2.24) is 9.80 Å². The highest BCUT2D eigenvalue weighted by atomic mass is 16.5. The van der Waals surface area contributed by atoms with Gasteiger partial charge in [0.1, 0.15) is 5.76 Å². The lowest BCUT2D eigenvalue weighted by Gasteiger charge is -2.31. The number of hydrogen-bond donors (Lipinski definition) is 1. The Kier molecular flexibility index (Phi) is 6.91. The molecular formula is C28H34N2O4. The van der Waals surface area contributed by atoms with Gasteiger partial charge in [0, 0.05) is 31.7 Å². The molecule has 34 heavy (non-hydrogen) atoms. The normalized spacial score (nSPS) is 21.3. The van der Waals surface area contributed by atoms with Crippen molar-refractivity contribution in [2.75, 3.05) is 39.4 Å². The molecule has 6 nitrogen and oxygen atoms in total. The molecule has 180 valence electrons. The number of ketones is 1. The third kappa shape index (κ3) is 4.93. The minimum absolute atomic E-state index is 0.0153. The number of ether oxygens (including phenoxy) is 1. The van der Waals surface area contributed by atoms with Gasteiger partial charge in [-0.15, -0.1) is 0 Å². The predicted molar refractivity (Wildman–Crippen MR) is 133 cm³/mol. The molecule has 4 rings (SSSR count). The van der Waals surface area contributed by atoms with E-state index in [1.54, 1.807) is 17.0 Å². The van der Waals surface area contributed by atoms with Crippen molar-refractivity contribution >= 4 is 17.4 Å². The number of Topliss-reactive ketones (excluding diaryl/α,β-unsaturated/α-hetero) is 1. The van der Waals surface area contributed by atoms with Gasteiger partial charge in [0.2, 0.25) is 0 Å². The maximum absolute atomic E-state index is 13.2. The smallest absolute Gasteiger partial charge is 0.295 e. The van der Waals surface area contributed by atoms with Crippen LogP contribution in [0.2, 0.25) is 0 Å². The van der Waals surface area contributed by atoms with Gasteiger partial charge in [-0.05, 0) is 23.5 Å². The average Bonchev–Trinajstić information content (AvgIpc) is 3.08. The molecule has 0 spiro atoms. The van der Waals surface area contributed by atoms with E-state index in [9.17, 15) is 14.7 Å². The number of amides is 1. The minimum Gasteiger partial charge on any atom is -0.507 e. The quantitative estimate of drug-likeness (QED) is 0.413. The average molecular weight is 463 g/mol. The fourth-order valence-corrected chi connectivity index (χ4v) is 4.56. The summed E-state index contributed by atoms with van der Waals surface area (Å²) >= 11 is 0. The lowest BCUT2D eigenvalue weighted by molar-refractivity contribution is -0.140. The van der Waals surface area contributed by atoms with Crippen molar-refractivity contribution in [3.63, 3.8) is 0 Å². The molecule has 2 fully saturated rings. The van der Waals surface area contributed by atoms with Crippen LogP contribution in [0.4, 0.5) is 0 Å². The Labute approximate surface area is 201 Å². The molecular weight excluding hydrogens is 428 g/mol. The zero-order valence-corrected chi connectivity index (χ0v) is 20.5. The van der Waals surface area contributed by atoms with Crippen LogP contribution >= 0.6 is 0 Å². The fourth-order valence-electron chi connectivity index (χ4n) is 4.56. The number of likely N-dealkylation sites (tertiary alicyclic amines) is 1. The van der Waals surface area contributed by atoms with Crippen molar-refractivity contribution in [3.8, 4) is 0 Å². The molecule has 1 amide bonds. The van der Waals surface area contributed by atoms with Gasteiger partial charge in [-0.3, -0.25) is 14.5 Å². The number of carbonyl (C=O) groups is 2. The second kappa shape index (κ2) is 9.72. The highest BCUT2D eigenvalue weighted by molar-refractivity contribution is 6.46. The Morgan fingerprint density at radius 1 is 0.971 bits per heavy atom. The van der Waals surface area contributed by atoms with E-state index in [1.807, 2.05) is 43.3 Å². The second-order valence-electron chi connectivity index (χ2n) is 10.2. The van der Waals surface area contributed by atoms with Crippen LogP contribution < -0.4 is 0 Å². The van der Waals surface area contributed by atoms with Gasteiger partial charge in [0.15, 0.2) is 0 Å². The zero-order valence-electron chi connectivity index (χ0n) is 20.5. The zero-order chi connectivity index (χ0) is 24.5. The molecule has 0 bridgehead atoms. The van der Waals surface area contributed by atoms with Crippen LogP contribution in [0.15, 0.2) is 54.1 Å². The molecule has 1 atom stereocenters. The lowest BCUT2D eigenvalue weighted by Crippen LogP contribution is -2.42. The van der Waals surface area contributed by atoms with Gasteiger partial charge in [-0.1, -0.05) is 74.9 Å². The monoisotopic (exact) mass is 462 g/mol. The molecule has 2 aromatic carbocycles. The van der Waals surface area contributed by atoms with Gasteiger partial charge in [0.25, 0.3) is 11.7 Å². The number of nitrogens with zero attached hydrogens (tertiary/aromatic N) is 2. The highest BCUT2D eigenvalue weighted by Crippen LogP contribution is 2.40. The van der Waals surface area contributed by atoms with E-state index in [-0.39, 0.29) is 16.7 Å². The molecule has 6 heteroatoms. The van der Waals surface area contributed by atoms with Crippen LogP contribution in [-0.4, -0.2) is 66.0 Å². The first-order valence-corrected chi connectivity index (χ1v) is 11.9. The molecule has 1 N–H and O–H groups in total. The summed E-state index contributed by atoms with van der Waals surface area (Å²) in [6, 6.07) is 14.7. The van der Waals surface area contributed by atoms with E-state index in [1.165, 1.54) is 5.56 Å². The third-order valence-corrected chi connectivity index (χ3v) is 6.72. The molecule has 0 aliphatic carbocycles. The number of aliphatic hydroxyl groups excluding tert-OH is 1. The van der Waals surface area contributed by atoms with Crippen molar-refractivity contribution in [2.45, 2.75) is 39.2 Å². The van der Waals surface area contributed by atoms with E-state index >= 15 is 0 Å². The Hall–Kier alpha value is -2.96. The van der Waals surface area contributed by atoms with E-state index < -0.39 is 17.7 Å². The maximum atomic E-state index is 13.2. The molecule has 0 unspecified atom stereocenters. The summed E-state index contributed by atoms with van der Waals surface area (Å²) < 4.78 is 5.43. The van der Waals surface area contributed by atoms with Crippen LogP contribution in [0.3, 0.4) is 0 Å². The van der Waals surface area contributed by atoms with E-state index in [0.717, 1.165) is 24.2 Å². The standard InChI is InChI=1S/C28H34N2O4/c1-19-5-7-21(8-6-19)25(31)23-24(20-9-11-22(12-10-20)28(2,3)4)30(27(33)26(23)32)14-13-29-15-17-34-18-16-29/h5-12,24,31H,13-18H2,1-4H3/b25-23+/t24-/m0/s1. The molecule has 0 aromatic heterocycles. The number of aryl methyl sites for hydroxylation is 1. The molecule has 0 saturated carbocycles. The van der Waals surface area contributed by atoms with Gasteiger partial charge >= 0.3 is 0 Å². The van der Waals surface area contributed by atoms with Gasteiger partial charge in [-0.2, -0.15) is 0 Å². The Morgan fingerprint density at radius 3 is 2.18 bits per heavy atom. The maximum Gasteiger partial charge on any atom is 0.295 e. The fraction of sp³-hybridized carbons (Fsp3) is 0.429. The van der Waals surface area contributed by atoms with Crippen LogP contribution in [-0.2, 0) is 19.7 Å². The molecule has 2 aliphatic rings. The molecule has 2 aliphatic heterocycles. The number of hydrogen-bond acceptors (Lipinski definition) is 5. The Morgan fingerprint density at radius 2 is 1.59 bits per heavy atom. The summed E-state index contributed by atoms with van der Waals surface area (Å²) in [5.74, 6) is -1.33. The molecule has 2 heterocycles. The number of rotatable bonds is 5. The summed E-state index contributed by atoms with van der Waals surface area (Å²) in [5.41, 5.74) is 3.71. The van der Waals surface area contributed by atoms with Crippen molar-refractivity contribution in [3.05, 3.63) is 76.4 Å². The van der Waals surface area contributed by atoms with E-state index in [0.29, 0.717) is 31.9 Å². The van der Waals surface area contributed by atoms with Crippen molar-refractivity contribution < 1.29 is 19.4 Å². The van der Waals surface area contributed by atoms with E-state index in [4.69, 9.17) is 4.74 Å². The van der Waals surface area contributed by atoms with Gasteiger partial charge in [0.05, 0.1) is 24.8 Å². The van der Waals surface area contributed by atoms with Crippen LogP contribution in [0, 0.1) is 6.92 Å². The van der Waals surface area contributed by atoms with Gasteiger partial charge < -0.3 is 14.7 Å². The first-order chi connectivity index (χ1) is 16.2. The summed E-state index contributed by atoms with van der Waals surface area (Å²) in [5, 5.41) is 11.2. The van der Waals surface area contributed by atoms with Crippen LogP contribution in [0.5, 0.6) is 0 Å². The van der Waals surface area contributed by atoms with Crippen molar-refractivity contribution in [2.24, 2.45) is 0 Å². The lowest BCUT2D eigenvalue weighted by atomic mass is 9.85. The number of morpholine rings is 1. The molecule has 0 radical (unpaired) electrons. The number of carbonyl (C=O) groups excluding carboxylic acids is 2. The molecule has 2 aromatic rings. The first-order valence-electron chi connectivity index (χ1n) is 11.9. The Bertz CT molecular complexity index is 1070. The van der Waals surface area contributed by atoms with E-state index in [2.05, 4.69) is 25.7 Å². The van der Waals surface area contributed by atoms with Crippen LogP contribution in [0.25, 0.3) is 5.76 Å². The SMILES string of the molecule is Cc1ccc(/C(O)=C2\C(=O)C(=O)N(CCN3CCOCC3)[C@H]2c2ccc(C(C)(C)C)cc2)cc1. The van der Waals surface area contributed by atoms with Crippen LogP contribution in [0.1, 0.15) is 49.1 Å². The summed E-state index contributed by atoms with van der Waals surface area (Å²) in [6.45, 7) is 12.4. The van der Waals surface area contributed by atoms with Gasteiger partial charge in [-0.25, -0.2) is 0 Å². The number of benzene rings is 2. The largest absolute Gasteiger partial charge is 0.507 e. The summed E-state index contributed by atoms with van der Waals surface area (Å²) in [7, 11) is 0.